The van der Waals surface area contributed by atoms with E-state index in [2.05, 4.69) is 25.3 Å². The summed E-state index contributed by atoms with van der Waals surface area (Å²) in [5.74, 6) is -1.00. The first-order chi connectivity index (χ1) is 14.3. The van der Waals surface area contributed by atoms with Crippen molar-refractivity contribution in [2.75, 3.05) is 17.2 Å². The number of carboxylic acid groups (broad SMARTS) is 1. The standard InChI is InChI=1S/C19H20ClN5O5/c20-17-16-11-7-6-10(22-19(29)30-9-15(27)28)8-13(11)23-14(26)5-3-1-2-4-12(21)18(24-16)25-17/h1-2,6-8,12H,3-5,9,21H2,(H,22,29)(H,23,26)(H,24,25)(H,27,28)/b2-1-/t12-/m0/s1. The molecule has 2 amide bonds. The summed E-state index contributed by atoms with van der Waals surface area (Å²) < 4.78 is 4.56. The Kier molecular flexibility index (Phi) is 6.70. The number of nitrogens with two attached hydrogens (primary N) is 1. The second kappa shape index (κ2) is 9.42. The van der Waals surface area contributed by atoms with Gasteiger partial charge in [0.2, 0.25) is 5.91 Å². The Bertz CT molecular complexity index is 1000. The molecule has 1 atom stereocenters. The van der Waals surface area contributed by atoms with Gasteiger partial charge in [-0.15, -0.1) is 0 Å². The number of nitrogens with zero attached hydrogens (tertiary/aromatic N) is 1. The lowest BCUT2D eigenvalue weighted by Crippen LogP contribution is -2.18. The van der Waals surface area contributed by atoms with E-state index in [-0.39, 0.29) is 29.2 Å². The van der Waals surface area contributed by atoms with Gasteiger partial charge in [0.25, 0.3) is 0 Å². The highest BCUT2D eigenvalue weighted by atomic mass is 35.5. The second-order valence-electron chi connectivity index (χ2n) is 6.54. The zero-order valence-corrected chi connectivity index (χ0v) is 16.5. The minimum Gasteiger partial charge on any atom is -0.479 e. The number of benzene rings is 1. The molecule has 2 bridgehead atoms. The van der Waals surface area contributed by atoms with Crippen LogP contribution in [-0.2, 0) is 14.3 Å². The van der Waals surface area contributed by atoms with Gasteiger partial charge in [-0.25, -0.2) is 14.6 Å². The van der Waals surface area contributed by atoms with E-state index in [1.807, 2.05) is 12.2 Å². The van der Waals surface area contributed by atoms with Crippen LogP contribution >= 0.6 is 11.6 Å². The van der Waals surface area contributed by atoms with Crippen molar-refractivity contribution >= 4 is 40.9 Å². The molecular formula is C19H20ClN5O5. The van der Waals surface area contributed by atoms with Crippen molar-refractivity contribution in [1.29, 1.82) is 0 Å². The largest absolute Gasteiger partial charge is 0.479 e. The number of rotatable bonds is 3. The molecule has 2 aromatic rings. The molecule has 0 spiro atoms. The van der Waals surface area contributed by atoms with Crippen LogP contribution in [0.1, 0.15) is 31.1 Å². The van der Waals surface area contributed by atoms with Crippen molar-refractivity contribution in [2.24, 2.45) is 5.73 Å². The Morgan fingerprint density at radius 3 is 2.93 bits per heavy atom. The predicted octanol–water partition coefficient (Wildman–Crippen LogP) is 3.04. The van der Waals surface area contributed by atoms with Crippen molar-refractivity contribution in [2.45, 2.75) is 25.3 Å². The van der Waals surface area contributed by atoms with Crippen molar-refractivity contribution < 1.29 is 24.2 Å². The number of aliphatic carboxylic acids is 1. The van der Waals surface area contributed by atoms with E-state index in [0.717, 1.165) is 0 Å². The number of fused-ring (bicyclic) bond motifs is 4. The Labute approximate surface area is 176 Å². The number of anilines is 2. The van der Waals surface area contributed by atoms with Crippen molar-refractivity contribution in [3.63, 3.8) is 0 Å². The molecule has 1 aromatic carbocycles. The van der Waals surface area contributed by atoms with Crippen LogP contribution in [0.4, 0.5) is 16.2 Å². The average Bonchev–Trinajstić information content (AvgIpc) is 3.07. The van der Waals surface area contributed by atoms with Crippen LogP contribution in [0.15, 0.2) is 30.4 Å². The molecule has 30 heavy (non-hydrogen) atoms. The number of imidazole rings is 1. The van der Waals surface area contributed by atoms with Gasteiger partial charge in [0.1, 0.15) is 16.7 Å². The van der Waals surface area contributed by atoms with Crippen LogP contribution in [-0.4, -0.2) is 39.7 Å². The van der Waals surface area contributed by atoms with Gasteiger partial charge in [-0.2, -0.15) is 0 Å². The summed E-state index contributed by atoms with van der Waals surface area (Å²) in [6, 6.07) is 4.30. The molecular weight excluding hydrogens is 414 g/mol. The molecule has 1 aliphatic rings. The van der Waals surface area contributed by atoms with E-state index in [0.29, 0.717) is 35.6 Å². The smallest absolute Gasteiger partial charge is 0.412 e. The number of carboxylic acids is 1. The highest BCUT2D eigenvalue weighted by molar-refractivity contribution is 6.32. The molecule has 10 nitrogen and oxygen atoms in total. The molecule has 0 saturated heterocycles. The number of ether oxygens (including phenoxy) is 1. The molecule has 0 fully saturated rings. The lowest BCUT2D eigenvalue weighted by atomic mass is 10.1. The molecule has 0 aliphatic carbocycles. The van der Waals surface area contributed by atoms with Gasteiger partial charge in [-0.05, 0) is 31.0 Å². The van der Waals surface area contributed by atoms with Gasteiger partial charge in [-0.1, -0.05) is 23.8 Å². The van der Waals surface area contributed by atoms with Gasteiger partial charge in [-0.3, -0.25) is 10.1 Å². The molecule has 1 aliphatic heterocycles. The van der Waals surface area contributed by atoms with Crippen LogP contribution in [0.5, 0.6) is 0 Å². The maximum absolute atomic E-state index is 12.4. The lowest BCUT2D eigenvalue weighted by Gasteiger charge is -2.13. The third-order valence-corrected chi connectivity index (χ3v) is 4.52. The summed E-state index contributed by atoms with van der Waals surface area (Å²) in [6.07, 6.45) is 4.16. The summed E-state index contributed by atoms with van der Waals surface area (Å²) in [5.41, 5.74) is 7.75. The highest BCUT2D eigenvalue weighted by Crippen LogP contribution is 2.35. The zero-order chi connectivity index (χ0) is 21.7. The molecule has 6 N–H and O–H groups in total. The number of H-pyrrole nitrogens is 1. The first-order valence-corrected chi connectivity index (χ1v) is 9.47. The fraction of sp³-hybridized carbons (Fsp3) is 0.263. The Hall–Kier alpha value is -3.37. The van der Waals surface area contributed by atoms with Gasteiger partial charge in [0, 0.05) is 17.7 Å². The number of carbonyl (C=O) groups is 3. The summed E-state index contributed by atoms with van der Waals surface area (Å²) >= 11 is 6.33. The van der Waals surface area contributed by atoms with Crippen LogP contribution in [0, 0.1) is 0 Å². The van der Waals surface area contributed by atoms with Gasteiger partial charge < -0.3 is 25.9 Å². The monoisotopic (exact) mass is 433 g/mol. The molecule has 1 aromatic heterocycles. The highest BCUT2D eigenvalue weighted by Gasteiger charge is 2.20. The number of allylic oxidation sites excluding steroid dienone is 1. The maximum Gasteiger partial charge on any atom is 0.412 e. The fourth-order valence-electron chi connectivity index (χ4n) is 2.84. The van der Waals surface area contributed by atoms with Gasteiger partial charge in [0.05, 0.1) is 11.7 Å². The summed E-state index contributed by atoms with van der Waals surface area (Å²) in [6.45, 7) is -0.771. The first-order valence-electron chi connectivity index (χ1n) is 9.09. The topological polar surface area (TPSA) is 159 Å². The molecule has 0 saturated carbocycles. The van der Waals surface area contributed by atoms with Crippen LogP contribution in [0.25, 0.3) is 11.3 Å². The summed E-state index contributed by atoms with van der Waals surface area (Å²) in [5, 5.41) is 14.1. The predicted molar refractivity (Wildman–Crippen MR) is 110 cm³/mol. The number of nitrogens with one attached hydrogen (secondary N) is 3. The van der Waals surface area contributed by atoms with Crippen molar-refractivity contribution in [3.8, 4) is 11.3 Å². The number of halogens is 1. The van der Waals surface area contributed by atoms with E-state index in [4.69, 9.17) is 22.4 Å². The minimum absolute atomic E-state index is 0.234. The third kappa shape index (κ3) is 5.37. The number of hydrogen-bond acceptors (Lipinski definition) is 6. The molecule has 0 radical (unpaired) electrons. The van der Waals surface area contributed by atoms with Crippen LogP contribution < -0.4 is 16.4 Å². The van der Waals surface area contributed by atoms with Gasteiger partial charge in [0.15, 0.2) is 6.61 Å². The number of carbonyl (C=O) groups excluding carboxylic acids is 2. The van der Waals surface area contributed by atoms with E-state index in [1.165, 1.54) is 6.07 Å². The zero-order valence-electron chi connectivity index (χ0n) is 15.8. The number of amides is 2. The summed E-state index contributed by atoms with van der Waals surface area (Å²) in [4.78, 5) is 42.1. The molecule has 158 valence electrons. The van der Waals surface area contributed by atoms with E-state index < -0.39 is 18.7 Å². The fourth-order valence-corrected chi connectivity index (χ4v) is 3.08. The maximum atomic E-state index is 12.4. The van der Waals surface area contributed by atoms with E-state index in [9.17, 15) is 14.4 Å². The lowest BCUT2D eigenvalue weighted by molar-refractivity contribution is -0.140. The number of hydrogen-bond donors (Lipinski definition) is 5. The average molecular weight is 434 g/mol. The van der Waals surface area contributed by atoms with E-state index >= 15 is 0 Å². The van der Waals surface area contributed by atoms with Crippen molar-refractivity contribution in [1.82, 2.24) is 9.97 Å². The summed E-state index contributed by atoms with van der Waals surface area (Å²) in [7, 11) is 0. The Balaban J connectivity index is 1.95. The van der Waals surface area contributed by atoms with Crippen LogP contribution in [0.2, 0.25) is 5.15 Å². The number of aromatic amines is 1. The number of aromatic nitrogens is 2. The molecule has 3 rings (SSSR count). The SMILES string of the molecule is N[C@H]1C/C=C\CCC(=O)Nc2cc(NC(=O)OCC(=O)O)ccc2-c2nc1[nH]c2Cl. The quantitative estimate of drug-likeness (QED) is 0.465. The third-order valence-electron chi connectivity index (χ3n) is 4.25. The Morgan fingerprint density at radius 1 is 1.37 bits per heavy atom. The normalized spacial score (nSPS) is 17.4. The molecule has 2 heterocycles. The van der Waals surface area contributed by atoms with E-state index in [1.54, 1.807) is 12.1 Å². The minimum atomic E-state index is -1.28. The first kappa shape index (κ1) is 21.3. The molecule has 11 heteroatoms. The molecule has 0 unspecified atom stereocenters. The second-order valence-corrected chi connectivity index (χ2v) is 6.92. The Morgan fingerprint density at radius 2 is 2.17 bits per heavy atom. The van der Waals surface area contributed by atoms with Crippen LogP contribution in [0.3, 0.4) is 0 Å². The van der Waals surface area contributed by atoms with Gasteiger partial charge >= 0.3 is 12.1 Å². The van der Waals surface area contributed by atoms with Crippen molar-refractivity contribution in [3.05, 3.63) is 41.3 Å².